The molecule has 1 heterocycles. The molecule has 1 aromatic heterocycles. The number of fused-ring (bicyclic) bond motifs is 1. The van der Waals surface area contributed by atoms with Crippen molar-refractivity contribution in [2.45, 2.75) is 37.6 Å². The molecule has 2 N–H and O–H groups in total. The van der Waals surface area contributed by atoms with E-state index >= 15 is 0 Å². The molecule has 0 atom stereocenters. The number of rotatable bonds is 7. The van der Waals surface area contributed by atoms with Crippen molar-refractivity contribution in [3.05, 3.63) is 58.9 Å². The average molecular weight is 406 g/mol. The lowest BCUT2D eigenvalue weighted by molar-refractivity contribution is 0.0972. The molecular formula is C19H20ClN3O3S. The maximum Gasteiger partial charge on any atom is 0.239 e. The Hall–Kier alpha value is -2.22. The van der Waals surface area contributed by atoms with Crippen LogP contribution >= 0.6 is 11.6 Å². The van der Waals surface area contributed by atoms with Crippen LogP contribution in [0.1, 0.15) is 35.9 Å². The topological polar surface area (TPSA) is 95.0 Å². The van der Waals surface area contributed by atoms with Crippen LogP contribution < -0.4 is 5.14 Å². The monoisotopic (exact) mass is 405 g/mol. The van der Waals surface area contributed by atoms with Crippen molar-refractivity contribution in [3.8, 4) is 0 Å². The molecule has 0 radical (unpaired) electrons. The molecule has 0 unspecified atom stereocenters. The zero-order valence-electron chi connectivity index (χ0n) is 14.9. The molecular weight excluding hydrogens is 386 g/mol. The molecule has 0 saturated heterocycles. The lowest BCUT2D eigenvalue weighted by Crippen LogP contribution is -2.15. The van der Waals surface area contributed by atoms with Gasteiger partial charge in [-0.05, 0) is 36.8 Å². The summed E-state index contributed by atoms with van der Waals surface area (Å²) in [7, 11) is -3.93. The van der Waals surface area contributed by atoms with E-state index in [1.54, 1.807) is 0 Å². The number of halogens is 1. The maximum atomic E-state index is 12.8. The number of imidazole rings is 1. The summed E-state index contributed by atoms with van der Waals surface area (Å²) in [5.74, 6) is 0.678. The average Bonchev–Trinajstić information content (AvgIpc) is 2.96. The number of nitrogens with two attached hydrogens (primary N) is 1. The molecule has 8 heteroatoms. The molecule has 3 rings (SSSR count). The van der Waals surface area contributed by atoms with E-state index in [9.17, 15) is 13.2 Å². The minimum absolute atomic E-state index is 0.0648. The zero-order chi connectivity index (χ0) is 19.6. The molecule has 0 amide bonds. The van der Waals surface area contributed by atoms with Gasteiger partial charge in [0.1, 0.15) is 10.7 Å². The fourth-order valence-corrected chi connectivity index (χ4v) is 4.06. The number of aryl methyl sites for hydroxylation is 1. The number of hydrogen-bond acceptors (Lipinski definition) is 4. The Balaban J connectivity index is 1.95. The summed E-state index contributed by atoms with van der Waals surface area (Å²) in [4.78, 5) is 17.3. The molecule has 6 nitrogen and oxygen atoms in total. The van der Waals surface area contributed by atoms with Crippen LogP contribution in [-0.4, -0.2) is 23.8 Å². The van der Waals surface area contributed by atoms with Crippen LogP contribution in [0.25, 0.3) is 11.0 Å². The smallest absolute Gasteiger partial charge is 0.239 e. The highest BCUT2D eigenvalue weighted by Gasteiger charge is 2.18. The Labute approximate surface area is 163 Å². The minimum atomic E-state index is -3.93. The van der Waals surface area contributed by atoms with Gasteiger partial charge in [0.25, 0.3) is 0 Å². The second-order valence-electron chi connectivity index (χ2n) is 6.32. The Morgan fingerprint density at radius 1 is 1.22 bits per heavy atom. The first kappa shape index (κ1) is 19.5. The highest BCUT2D eigenvalue weighted by molar-refractivity contribution is 7.89. The number of para-hydroxylation sites is 2. The van der Waals surface area contributed by atoms with Crippen LogP contribution in [0.15, 0.2) is 47.4 Å². The third-order valence-electron chi connectivity index (χ3n) is 4.35. The standard InChI is InChI=1S/C19H20ClN3O3S/c1-2-3-8-19-22-15-6-4-5-7-16(15)23(19)12-17(24)13-9-10-18(14(20)11-13)27(21,25)26/h4-7,9-11H,2-3,8,12H2,1H3,(H2,21,25,26). The van der Waals surface area contributed by atoms with E-state index in [1.165, 1.54) is 18.2 Å². The lowest BCUT2D eigenvalue weighted by atomic mass is 10.1. The van der Waals surface area contributed by atoms with Gasteiger partial charge in [0, 0.05) is 12.0 Å². The highest BCUT2D eigenvalue weighted by atomic mass is 35.5. The van der Waals surface area contributed by atoms with E-state index < -0.39 is 10.0 Å². The largest absolute Gasteiger partial charge is 0.320 e. The number of carbonyl (C=O) groups excluding carboxylic acids is 1. The van der Waals surface area contributed by atoms with Crippen LogP contribution in [0.2, 0.25) is 5.02 Å². The molecule has 27 heavy (non-hydrogen) atoms. The number of primary sulfonamides is 1. The molecule has 3 aromatic rings. The zero-order valence-corrected chi connectivity index (χ0v) is 16.4. The predicted molar refractivity (Wildman–Crippen MR) is 106 cm³/mol. The molecule has 0 aliphatic carbocycles. The van der Waals surface area contributed by atoms with E-state index in [1.807, 2.05) is 28.8 Å². The molecule has 0 aliphatic rings. The van der Waals surface area contributed by atoms with Gasteiger partial charge in [-0.3, -0.25) is 4.79 Å². The van der Waals surface area contributed by atoms with Gasteiger partial charge in [-0.15, -0.1) is 0 Å². The first-order valence-electron chi connectivity index (χ1n) is 8.61. The van der Waals surface area contributed by atoms with Crippen molar-refractivity contribution in [1.82, 2.24) is 9.55 Å². The lowest BCUT2D eigenvalue weighted by Gasteiger charge is -2.10. The van der Waals surface area contributed by atoms with Crippen molar-refractivity contribution in [3.63, 3.8) is 0 Å². The summed E-state index contributed by atoms with van der Waals surface area (Å²) in [5, 5.41) is 5.05. The molecule has 0 bridgehead atoms. The molecule has 0 fully saturated rings. The van der Waals surface area contributed by atoms with Crippen molar-refractivity contribution in [2.24, 2.45) is 5.14 Å². The Morgan fingerprint density at radius 2 is 1.96 bits per heavy atom. The first-order valence-corrected chi connectivity index (χ1v) is 10.5. The van der Waals surface area contributed by atoms with Crippen LogP contribution in [0.4, 0.5) is 0 Å². The summed E-state index contributed by atoms with van der Waals surface area (Å²) in [5.41, 5.74) is 2.06. The predicted octanol–water partition coefficient (Wildman–Crippen LogP) is 3.56. The van der Waals surface area contributed by atoms with Crippen molar-refractivity contribution in [2.75, 3.05) is 0 Å². The van der Waals surface area contributed by atoms with Gasteiger partial charge in [0.15, 0.2) is 5.78 Å². The van der Waals surface area contributed by atoms with E-state index in [0.717, 1.165) is 36.1 Å². The second-order valence-corrected chi connectivity index (χ2v) is 8.26. The third kappa shape index (κ3) is 4.21. The van der Waals surface area contributed by atoms with Crippen LogP contribution in [0.3, 0.4) is 0 Å². The molecule has 142 valence electrons. The first-order chi connectivity index (χ1) is 12.8. The van der Waals surface area contributed by atoms with Gasteiger partial charge in [-0.25, -0.2) is 18.5 Å². The van der Waals surface area contributed by atoms with Crippen LogP contribution in [-0.2, 0) is 23.0 Å². The SMILES string of the molecule is CCCCc1nc2ccccc2n1CC(=O)c1ccc(S(N)(=O)=O)c(Cl)c1. The van der Waals surface area contributed by atoms with E-state index in [-0.39, 0.29) is 22.2 Å². The van der Waals surface area contributed by atoms with E-state index in [0.29, 0.717) is 5.56 Å². The number of nitrogens with zero attached hydrogens (tertiary/aromatic N) is 2. The van der Waals surface area contributed by atoms with Crippen molar-refractivity contribution in [1.29, 1.82) is 0 Å². The van der Waals surface area contributed by atoms with Crippen molar-refractivity contribution >= 4 is 38.4 Å². The second kappa shape index (κ2) is 7.80. The summed E-state index contributed by atoms with van der Waals surface area (Å²) in [6.07, 6.45) is 2.79. The van der Waals surface area contributed by atoms with E-state index in [4.69, 9.17) is 16.7 Å². The number of hydrogen-bond donors (Lipinski definition) is 1. The van der Waals surface area contributed by atoms with Gasteiger partial charge >= 0.3 is 0 Å². The molecule has 0 saturated carbocycles. The fraction of sp³-hybridized carbons (Fsp3) is 0.263. The number of Topliss-reactive ketones (excluding diaryl/α,β-unsaturated/α-hetero) is 1. The summed E-state index contributed by atoms with van der Waals surface area (Å²) in [6, 6.07) is 11.7. The van der Waals surface area contributed by atoms with Crippen LogP contribution in [0.5, 0.6) is 0 Å². The third-order valence-corrected chi connectivity index (χ3v) is 5.74. The normalized spacial score (nSPS) is 11.8. The van der Waals surface area contributed by atoms with E-state index in [2.05, 4.69) is 11.9 Å². The number of ketones is 1. The molecule has 2 aromatic carbocycles. The maximum absolute atomic E-state index is 12.8. The Morgan fingerprint density at radius 3 is 2.63 bits per heavy atom. The fourth-order valence-electron chi connectivity index (χ4n) is 2.97. The van der Waals surface area contributed by atoms with Gasteiger partial charge in [0.2, 0.25) is 10.0 Å². The molecule has 0 spiro atoms. The van der Waals surface area contributed by atoms with Gasteiger partial charge in [0.05, 0.1) is 22.6 Å². The number of benzene rings is 2. The molecule has 0 aliphatic heterocycles. The minimum Gasteiger partial charge on any atom is -0.320 e. The van der Waals surface area contributed by atoms with Gasteiger partial charge < -0.3 is 4.57 Å². The van der Waals surface area contributed by atoms with Crippen molar-refractivity contribution < 1.29 is 13.2 Å². The summed E-state index contributed by atoms with van der Waals surface area (Å²) < 4.78 is 24.9. The number of aromatic nitrogens is 2. The number of unbranched alkanes of at least 4 members (excludes halogenated alkanes) is 1. The quantitative estimate of drug-likeness (QED) is 0.608. The Bertz CT molecular complexity index is 1110. The van der Waals surface area contributed by atoms with Crippen LogP contribution in [0, 0.1) is 0 Å². The van der Waals surface area contributed by atoms with Gasteiger partial charge in [-0.1, -0.05) is 37.1 Å². The van der Waals surface area contributed by atoms with Gasteiger partial charge in [-0.2, -0.15) is 0 Å². The summed E-state index contributed by atoms with van der Waals surface area (Å²) >= 11 is 6.00. The highest BCUT2D eigenvalue weighted by Crippen LogP contribution is 2.23. The summed E-state index contributed by atoms with van der Waals surface area (Å²) in [6.45, 7) is 2.21. The number of sulfonamides is 1. The Kier molecular flexibility index (Phi) is 5.64. The number of carbonyl (C=O) groups is 1.